The fourth-order valence-electron chi connectivity index (χ4n) is 1.15. The summed E-state index contributed by atoms with van der Waals surface area (Å²) >= 11 is 11.6. The first-order valence-corrected chi connectivity index (χ1v) is 5.05. The Morgan fingerprint density at radius 1 is 1.40 bits per heavy atom. The van der Waals surface area contributed by atoms with Crippen molar-refractivity contribution >= 4 is 29.2 Å². The van der Waals surface area contributed by atoms with Crippen molar-refractivity contribution in [1.29, 1.82) is 0 Å². The molecule has 0 aliphatic rings. The van der Waals surface area contributed by atoms with Crippen LogP contribution in [0.2, 0.25) is 10.0 Å². The molecule has 0 saturated carbocycles. The monoisotopic (exact) mass is 248 g/mol. The quantitative estimate of drug-likeness (QED) is 0.865. The van der Waals surface area contributed by atoms with Crippen LogP contribution in [0.15, 0.2) is 18.2 Å². The van der Waals surface area contributed by atoms with Gasteiger partial charge in [-0.2, -0.15) is 0 Å². The maximum atomic E-state index is 10.7. The van der Waals surface area contributed by atoms with Gasteiger partial charge in [0.2, 0.25) is 0 Å². The highest BCUT2D eigenvalue weighted by Gasteiger charge is 2.24. The molecule has 15 heavy (non-hydrogen) atoms. The number of carbonyl (C=O) groups is 1. The summed E-state index contributed by atoms with van der Waals surface area (Å²) in [5.41, 5.74) is 0.332. The van der Waals surface area contributed by atoms with Gasteiger partial charge in [-0.05, 0) is 25.1 Å². The van der Waals surface area contributed by atoms with Gasteiger partial charge in [0.1, 0.15) is 0 Å². The number of hydrogen-bond acceptors (Lipinski definition) is 2. The smallest absolute Gasteiger partial charge is 0.309 e. The van der Waals surface area contributed by atoms with E-state index in [-0.39, 0.29) is 0 Å². The van der Waals surface area contributed by atoms with Crippen LogP contribution >= 0.6 is 23.2 Å². The van der Waals surface area contributed by atoms with Crippen LogP contribution in [-0.4, -0.2) is 16.2 Å². The number of halogens is 2. The molecule has 0 spiro atoms. The molecule has 0 heterocycles. The molecule has 2 N–H and O–H groups in total. The molecule has 0 aromatic heterocycles. The Hall–Kier alpha value is -0.770. The van der Waals surface area contributed by atoms with Crippen molar-refractivity contribution in [3.63, 3.8) is 0 Å². The molecule has 0 amide bonds. The van der Waals surface area contributed by atoms with E-state index in [4.69, 9.17) is 28.3 Å². The van der Waals surface area contributed by atoms with Gasteiger partial charge in [-0.25, -0.2) is 0 Å². The number of carboxylic acids is 1. The number of hydrogen-bond donors (Lipinski definition) is 2. The maximum Gasteiger partial charge on any atom is 0.309 e. The fraction of sp³-hybridized carbons (Fsp3) is 0.300. The number of aliphatic hydroxyl groups excluding tert-OH is 1. The number of aliphatic hydroxyl groups is 1. The third-order valence-electron chi connectivity index (χ3n) is 2.14. The second kappa shape index (κ2) is 4.84. The highest BCUT2D eigenvalue weighted by Crippen LogP contribution is 2.30. The molecule has 0 saturated heterocycles. The van der Waals surface area contributed by atoms with Crippen molar-refractivity contribution in [2.45, 2.75) is 13.0 Å². The Morgan fingerprint density at radius 3 is 2.53 bits per heavy atom. The zero-order valence-corrected chi connectivity index (χ0v) is 9.46. The highest BCUT2D eigenvalue weighted by atomic mass is 35.5. The summed E-state index contributed by atoms with van der Waals surface area (Å²) in [5.74, 6) is -2.01. The summed E-state index contributed by atoms with van der Waals surface area (Å²) in [4.78, 5) is 10.7. The molecule has 5 heteroatoms. The molecule has 0 fully saturated rings. The van der Waals surface area contributed by atoms with Gasteiger partial charge in [0, 0.05) is 15.6 Å². The third kappa shape index (κ3) is 2.84. The minimum atomic E-state index is -1.16. The van der Waals surface area contributed by atoms with Crippen molar-refractivity contribution in [3.05, 3.63) is 33.8 Å². The molecule has 0 radical (unpaired) electrons. The van der Waals surface area contributed by atoms with Gasteiger partial charge in [0.15, 0.2) is 0 Å². The fourth-order valence-corrected chi connectivity index (χ4v) is 1.56. The predicted molar refractivity (Wildman–Crippen MR) is 58.2 cm³/mol. The predicted octanol–water partition coefficient (Wildman–Crippen LogP) is 2.75. The summed E-state index contributed by atoms with van der Waals surface area (Å²) in [7, 11) is 0. The van der Waals surface area contributed by atoms with Crippen LogP contribution < -0.4 is 0 Å². The molecule has 82 valence electrons. The minimum Gasteiger partial charge on any atom is -0.481 e. The number of benzene rings is 1. The van der Waals surface area contributed by atoms with E-state index < -0.39 is 18.0 Å². The summed E-state index contributed by atoms with van der Waals surface area (Å²) < 4.78 is 0. The molecule has 3 nitrogen and oxygen atoms in total. The van der Waals surface area contributed by atoms with Crippen molar-refractivity contribution in [2.24, 2.45) is 5.92 Å². The summed E-state index contributed by atoms with van der Waals surface area (Å²) in [6.45, 7) is 1.41. The molecule has 2 atom stereocenters. The molecule has 1 aromatic carbocycles. The van der Waals surface area contributed by atoms with Crippen LogP contribution in [0, 0.1) is 5.92 Å². The Labute approximate surface area is 97.2 Å². The van der Waals surface area contributed by atoms with Crippen molar-refractivity contribution < 1.29 is 15.0 Å². The Bertz CT molecular complexity index is 379. The van der Waals surface area contributed by atoms with Crippen LogP contribution in [0.4, 0.5) is 0 Å². The van der Waals surface area contributed by atoms with E-state index >= 15 is 0 Å². The molecule has 0 aliphatic carbocycles. The summed E-state index contributed by atoms with van der Waals surface area (Å²) in [5, 5.41) is 19.2. The lowest BCUT2D eigenvalue weighted by molar-refractivity contribution is -0.145. The molecule has 1 rings (SSSR count). The number of carboxylic acid groups (broad SMARTS) is 1. The first-order valence-electron chi connectivity index (χ1n) is 4.29. The van der Waals surface area contributed by atoms with Crippen molar-refractivity contribution in [1.82, 2.24) is 0 Å². The molecule has 0 bridgehead atoms. The summed E-state index contributed by atoms with van der Waals surface area (Å²) in [6.07, 6.45) is -1.16. The zero-order chi connectivity index (χ0) is 11.6. The van der Waals surface area contributed by atoms with E-state index in [9.17, 15) is 9.90 Å². The first-order chi connectivity index (χ1) is 6.93. The van der Waals surface area contributed by atoms with Crippen LogP contribution in [0.25, 0.3) is 0 Å². The lowest BCUT2D eigenvalue weighted by Crippen LogP contribution is -2.18. The van der Waals surface area contributed by atoms with E-state index in [1.165, 1.54) is 19.1 Å². The molecule has 1 aromatic rings. The molecular formula is C10H10Cl2O3. The van der Waals surface area contributed by atoms with E-state index in [0.29, 0.717) is 15.6 Å². The zero-order valence-electron chi connectivity index (χ0n) is 7.95. The van der Waals surface area contributed by atoms with Gasteiger partial charge in [0.05, 0.1) is 12.0 Å². The van der Waals surface area contributed by atoms with Gasteiger partial charge in [-0.1, -0.05) is 23.2 Å². The van der Waals surface area contributed by atoms with Crippen LogP contribution in [0.5, 0.6) is 0 Å². The Balaban J connectivity index is 3.04. The van der Waals surface area contributed by atoms with Gasteiger partial charge in [-0.15, -0.1) is 0 Å². The standard InChI is InChI=1S/C10H10Cl2O3/c1-5(10(14)15)9(13)7-4-6(11)2-3-8(7)12/h2-5,9,13H,1H3,(H,14,15). The average Bonchev–Trinajstić information content (AvgIpc) is 2.19. The van der Waals surface area contributed by atoms with E-state index in [1.54, 1.807) is 6.07 Å². The Morgan fingerprint density at radius 2 is 2.00 bits per heavy atom. The van der Waals surface area contributed by atoms with Crippen LogP contribution in [0.1, 0.15) is 18.6 Å². The van der Waals surface area contributed by atoms with Crippen LogP contribution in [-0.2, 0) is 4.79 Å². The van der Waals surface area contributed by atoms with Gasteiger partial charge >= 0.3 is 5.97 Å². The van der Waals surface area contributed by atoms with E-state index in [0.717, 1.165) is 0 Å². The SMILES string of the molecule is CC(C(=O)O)C(O)c1cc(Cl)ccc1Cl. The first kappa shape index (κ1) is 12.3. The lowest BCUT2D eigenvalue weighted by Gasteiger charge is -2.16. The highest BCUT2D eigenvalue weighted by molar-refractivity contribution is 6.33. The average molecular weight is 249 g/mol. The lowest BCUT2D eigenvalue weighted by atomic mass is 9.97. The third-order valence-corrected chi connectivity index (χ3v) is 2.72. The van der Waals surface area contributed by atoms with Crippen molar-refractivity contribution in [3.8, 4) is 0 Å². The van der Waals surface area contributed by atoms with Crippen LogP contribution in [0.3, 0.4) is 0 Å². The largest absolute Gasteiger partial charge is 0.481 e. The van der Waals surface area contributed by atoms with Gasteiger partial charge in [-0.3, -0.25) is 4.79 Å². The minimum absolute atomic E-state index is 0.306. The van der Waals surface area contributed by atoms with Gasteiger partial charge in [0.25, 0.3) is 0 Å². The topological polar surface area (TPSA) is 57.5 Å². The molecular weight excluding hydrogens is 239 g/mol. The second-order valence-corrected chi connectivity index (χ2v) is 4.08. The Kier molecular flexibility index (Phi) is 3.97. The summed E-state index contributed by atoms with van der Waals surface area (Å²) in [6, 6.07) is 4.57. The van der Waals surface area contributed by atoms with Crippen molar-refractivity contribution in [2.75, 3.05) is 0 Å². The normalized spacial score (nSPS) is 14.7. The second-order valence-electron chi connectivity index (χ2n) is 3.24. The number of aliphatic carboxylic acids is 1. The van der Waals surface area contributed by atoms with E-state index in [1.807, 2.05) is 0 Å². The molecule has 2 unspecified atom stereocenters. The number of rotatable bonds is 3. The van der Waals surface area contributed by atoms with Gasteiger partial charge < -0.3 is 10.2 Å². The maximum absolute atomic E-state index is 10.7. The molecule has 0 aliphatic heterocycles. The van der Waals surface area contributed by atoms with E-state index in [2.05, 4.69) is 0 Å².